The van der Waals surface area contributed by atoms with E-state index in [4.69, 9.17) is 4.42 Å². The molecule has 1 atom stereocenters. The van der Waals surface area contributed by atoms with Crippen molar-refractivity contribution in [3.63, 3.8) is 0 Å². The average Bonchev–Trinajstić information content (AvgIpc) is 3.18. The second-order valence-electron chi connectivity index (χ2n) is 8.20. The van der Waals surface area contributed by atoms with E-state index in [-0.39, 0.29) is 12.4 Å². The number of furan rings is 1. The normalized spacial score (nSPS) is 24.0. The van der Waals surface area contributed by atoms with Crippen LogP contribution in [0, 0.1) is 11.8 Å². The number of rotatable bonds is 5. The molecule has 3 aliphatic rings. The van der Waals surface area contributed by atoms with Crippen molar-refractivity contribution >= 4 is 16.8 Å². The van der Waals surface area contributed by atoms with Crippen molar-refractivity contribution in [1.82, 2.24) is 4.90 Å². The first-order valence-corrected chi connectivity index (χ1v) is 10.2. The summed E-state index contributed by atoms with van der Waals surface area (Å²) in [6, 6.07) is 15.7. The molecule has 28 heavy (non-hydrogen) atoms. The van der Waals surface area contributed by atoms with Crippen molar-refractivity contribution in [3.8, 4) is 11.1 Å². The van der Waals surface area contributed by atoms with Gasteiger partial charge in [-0.3, -0.25) is 4.79 Å². The Bertz CT molecular complexity index is 1010. The number of fused-ring (bicyclic) bond motifs is 4. The molecule has 0 saturated carbocycles. The topological polar surface area (TPSA) is 53.7 Å². The number of piperidine rings is 3. The Morgan fingerprint density at radius 1 is 1.11 bits per heavy atom. The van der Waals surface area contributed by atoms with Gasteiger partial charge in [0.1, 0.15) is 5.58 Å². The van der Waals surface area contributed by atoms with Crippen LogP contribution >= 0.6 is 0 Å². The van der Waals surface area contributed by atoms with Crippen LogP contribution in [0.1, 0.15) is 35.4 Å². The first-order chi connectivity index (χ1) is 13.7. The molecule has 0 radical (unpaired) electrons. The van der Waals surface area contributed by atoms with E-state index >= 15 is 0 Å². The van der Waals surface area contributed by atoms with Gasteiger partial charge in [-0.15, -0.1) is 0 Å². The van der Waals surface area contributed by atoms with Gasteiger partial charge < -0.3 is 14.4 Å². The van der Waals surface area contributed by atoms with E-state index in [1.165, 1.54) is 25.9 Å². The van der Waals surface area contributed by atoms with Gasteiger partial charge in [0.05, 0.1) is 6.61 Å². The number of aliphatic hydroxyl groups is 1. The maximum absolute atomic E-state index is 12.9. The second-order valence-corrected chi connectivity index (χ2v) is 8.20. The van der Waals surface area contributed by atoms with Crippen LogP contribution < -0.4 is 0 Å². The summed E-state index contributed by atoms with van der Waals surface area (Å²) in [5, 5.41) is 10.5. The van der Waals surface area contributed by atoms with Crippen LogP contribution in [0.2, 0.25) is 0 Å². The number of carbonyl (C=O) groups excluding carboxylic acids is 1. The van der Waals surface area contributed by atoms with Gasteiger partial charge in [-0.2, -0.15) is 0 Å². The second kappa shape index (κ2) is 7.19. The van der Waals surface area contributed by atoms with E-state index in [0.29, 0.717) is 24.0 Å². The highest BCUT2D eigenvalue weighted by atomic mass is 16.3. The predicted molar refractivity (Wildman–Crippen MR) is 109 cm³/mol. The Morgan fingerprint density at radius 3 is 2.68 bits per heavy atom. The van der Waals surface area contributed by atoms with Crippen molar-refractivity contribution in [2.45, 2.75) is 25.9 Å². The summed E-state index contributed by atoms with van der Waals surface area (Å²) in [6.45, 7) is 3.44. The molecule has 0 spiro atoms. The summed E-state index contributed by atoms with van der Waals surface area (Å²) >= 11 is 0. The standard InChI is InChI=1S/C24H25NO3/c26-15-19-3-1-2-4-21(19)17-5-6-18-13-24(28-23(18)12-17)22(27)11-20-14-25-9-7-16(20)8-10-25/h1-6,12-13,16,20,26H,7-11,14-15H2/t20-/m0/s1. The minimum Gasteiger partial charge on any atom is -0.453 e. The molecule has 2 aromatic carbocycles. The lowest BCUT2D eigenvalue weighted by Crippen LogP contribution is -2.47. The first-order valence-electron chi connectivity index (χ1n) is 10.2. The molecule has 0 aliphatic carbocycles. The molecule has 3 fully saturated rings. The van der Waals surface area contributed by atoms with Crippen LogP contribution in [-0.2, 0) is 6.61 Å². The number of ketones is 1. The molecule has 3 aromatic rings. The highest BCUT2D eigenvalue weighted by Gasteiger charge is 2.35. The zero-order valence-corrected chi connectivity index (χ0v) is 15.9. The zero-order valence-electron chi connectivity index (χ0n) is 15.9. The number of carbonyl (C=O) groups is 1. The fourth-order valence-corrected chi connectivity index (χ4v) is 4.93. The number of aliphatic hydroxyl groups excluding tert-OH is 1. The van der Waals surface area contributed by atoms with Crippen LogP contribution in [-0.4, -0.2) is 35.4 Å². The highest BCUT2D eigenvalue weighted by molar-refractivity contribution is 5.98. The van der Waals surface area contributed by atoms with E-state index in [0.717, 1.165) is 34.2 Å². The lowest BCUT2D eigenvalue weighted by Gasteiger charge is -2.44. The Labute approximate surface area is 164 Å². The summed E-state index contributed by atoms with van der Waals surface area (Å²) in [5.74, 6) is 1.75. The summed E-state index contributed by atoms with van der Waals surface area (Å²) in [6.07, 6.45) is 3.04. The molecule has 6 rings (SSSR count). The lowest BCUT2D eigenvalue weighted by molar-refractivity contribution is 0.0433. The van der Waals surface area contributed by atoms with Gasteiger partial charge >= 0.3 is 0 Å². The van der Waals surface area contributed by atoms with Crippen LogP contribution in [0.5, 0.6) is 0 Å². The minimum absolute atomic E-state index is 0.00429. The molecule has 0 unspecified atom stereocenters. The monoisotopic (exact) mass is 375 g/mol. The van der Waals surface area contributed by atoms with E-state index in [1.54, 1.807) is 0 Å². The summed E-state index contributed by atoms with van der Waals surface area (Å²) in [4.78, 5) is 15.4. The number of benzene rings is 2. The molecule has 1 aromatic heterocycles. The third kappa shape index (κ3) is 3.17. The number of hydrogen-bond acceptors (Lipinski definition) is 4. The smallest absolute Gasteiger partial charge is 0.198 e. The fraction of sp³-hybridized carbons (Fsp3) is 0.375. The molecule has 3 saturated heterocycles. The van der Waals surface area contributed by atoms with E-state index in [9.17, 15) is 9.90 Å². The summed E-state index contributed by atoms with van der Waals surface area (Å²) < 4.78 is 5.96. The number of nitrogens with zero attached hydrogens (tertiary/aromatic N) is 1. The van der Waals surface area contributed by atoms with Crippen molar-refractivity contribution in [1.29, 1.82) is 0 Å². The van der Waals surface area contributed by atoms with Gasteiger partial charge in [-0.25, -0.2) is 0 Å². The quantitative estimate of drug-likeness (QED) is 0.667. The predicted octanol–water partition coefficient (Wildman–Crippen LogP) is 4.51. The summed E-state index contributed by atoms with van der Waals surface area (Å²) in [7, 11) is 0. The minimum atomic E-state index is -0.00429. The van der Waals surface area contributed by atoms with Gasteiger partial charge in [0.25, 0.3) is 0 Å². The molecular weight excluding hydrogens is 350 g/mol. The molecule has 144 valence electrons. The molecule has 3 aliphatic heterocycles. The van der Waals surface area contributed by atoms with Crippen LogP contribution in [0.15, 0.2) is 52.9 Å². The van der Waals surface area contributed by atoms with E-state index in [2.05, 4.69) is 4.90 Å². The van der Waals surface area contributed by atoms with E-state index < -0.39 is 0 Å². The van der Waals surface area contributed by atoms with Gasteiger partial charge in [-0.05, 0) is 66.6 Å². The zero-order chi connectivity index (χ0) is 19.1. The third-order valence-electron chi connectivity index (χ3n) is 6.53. The Kier molecular flexibility index (Phi) is 4.53. The Balaban J connectivity index is 1.40. The van der Waals surface area contributed by atoms with Crippen molar-refractivity contribution in [3.05, 3.63) is 59.9 Å². The SMILES string of the molecule is O=C(C[C@H]1CN2CCC1CC2)c1cc2ccc(-c3ccccc3CO)cc2o1. The summed E-state index contributed by atoms with van der Waals surface area (Å²) in [5.41, 5.74) is 3.58. The van der Waals surface area contributed by atoms with Crippen LogP contribution in [0.3, 0.4) is 0 Å². The molecule has 0 amide bonds. The van der Waals surface area contributed by atoms with Gasteiger partial charge in [0.15, 0.2) is 11.5 Å². The molecule has 4 nitrogen and oxygen atoms in total. The lowest BCUT2D eigenvalue weighted by atomic mass is 9.76. The first kappa shape index (κ1) is 17.7. The maximum Gasteiger partial charge on any atom is 0.198 e. The largest absolute Gasteiger partial charge is 0.453 e. The number of Topliss-reactive ketones (excluding diaryl/α,β-unsaturated/α-hetero) is 1. The number of hydrogen-bond donors (Lipinski definition) is 1. The maximum atomic E-state index is 12.9. The van der Waals surface area contributed by atoms with Crippen LogP contribution in [0.4, 0.5) is 0 Å². The molecule has 4 heterocycles. The van der Waals surface area contributed by atoms with E-state index in [1.807, 2.05) is 48.5 Å². The Hall–Kier alpha value is -2.43. The molecule has 2 bridgehead atoms. The van der Waals surface area contributed by atoms with Crippen molar-refractivity contribution in [2.75, 3.05) is 19.6 Å². The Morgan fingerprint density at radius 2 is 1.93 bits per heavy atom. The highest BCUT2D eigenvalue weighted by Crippen LogP contribution is 2.35. The molecular formula is C24H25NO3. The van der Waals surface area contributed by atoms with Gasteiger partial charge in [-0.1, -0.05) is 36.4 Å². The molecule has 4 heteroatoms. The average molecular weight is 375 g/mol. The van der Waals surface area contributed by atoms with Crippen molar-refractivity contribution in [2.24, 2.45) is 11.8 Å². The van der Waals surface area contributed by atoms with Crippen LogP contribution in [0.25, 0.3) is 22.1 Å². The fourth-order valence-electron chi connectivity index (χ4n) is 4.93. The third-order valence-corrected chi connectivity index (χ3v) is 6.53. The van der Waals surface area contributed by atoms with Gasteiger partial charge in [0, 0.05) is 18.4 Å². The van der Waals surface area contributed by atoms with Crippen molar-refractivity contribution < 1.29 is 14.3 Å². The molecule has 1 N–H and O–H groups in total. The van der Waals surface area contributed by atoms with Gasteiger partial charge in [0.2, 0.25) is 0 Å².